The highest BCUT2D eigenvalue weighted by Crippen LogP contribution is 2.33. The molecule has 1 aromatic carbocycles. The third-order valence-electron chi connectivity index (χ3n) is 2.73. The molecule has 0 atom stereocenters. The maximum Gasteiger partial charge on any atom is 0.373 e. The van der Waals surface area contributed by atoms with Crippen LogP contribution in [0, 0.1) is 0 Å². The summed E-state index contributed by atoms with van der Waals surface area (Å²) in [5.41, 5.74) is 0.199. The Balaban J connectivity index is 2.90. The van der Waals surface area contributed by atoms with E-state index in [1.54, 1.807) is 6.07 Å². The minimum Gasteiger partial charge on any atom is -0.497 e. The predicted octanol–water partition coefficient (Wildman–Crippen LogP) is 1.93. The van der Waals surface area contributed by atoms with Gasteiger partial charge in [-0.3, -0.25) is 0 Å². The van der Waals surface area contributed by atoms with Crippen LogP contribution in [-0.4, -0.2) is 32.4 Å². The van der Waals surface area contributed by atoms with Crippen molar-refractivity contribution in [1.29, 1.82) is 0 Å². The molecule has 0 fully saturated rings. The topological polar surface area (TPSA) is 93.8 Å². The van der Waals surface area contributed by atoms with Crippen LogP contribution in [0.2, 0.25) is 0 Å². The molecule has 2 aromatic rings. The Hall–Kier alpha value is -2.02. The van der Waals surface area contributed by atoms with Crippen LogP contribution >= 0.6 is 0 Å². The Morgan fingerprint density at radius 2 is 2.11 bits per heavy atom. The van der Waals surface area contributed by atoms with Gasteiger partial charge in [-0.25, -0.2) is 13.2 Å². The number of rotatable bonds is 4. The highest BCUT2D eigenvalue weighted by molar-refractivity contribution is 7.91. The molecule has 0 saturated carbocycles. The Labute approximate surface area is 109 Å². The molecule has 1 heterocycles. The third kappa shape index (κ3) is 2.17. The fourth-order valence-electron chi connectivity index (χ4n) is 1.78. The molecule has 0 saturated heterocycles. The molecule has 19 heavy (non-hydrogen) atoms. The van der Waals surface area contributed by atoms with Crippen LogP contribution in [-0.2, 0) is 9.84 Å². The molecule has 1 N–H and O–H groups in total. The van der Waals surface area contributed by atoms with E-state index in [0.29, 0.717) is 5.75 Å². The minimum absolute atomic E-state index is 0.199. The predicted molar refractivity (Wildman–Crippen MR) is 67.5 cm³/mol. The van der Waals surface area contributed by atoms with Crippen molar-refractivity contribution in [2.45, 2.75) is 11.8 Å². The van der Waals surface area contributed by atoms with Crippen LogP contribution in [0.4, 0.5) is 0 Å². The Kier molecular flexibility index (Phi) is 3.23. The molecular formula is C12H12O6S. The summed E-state index contributed by atoms with van der Waals surface area (Å²) in [6.07, 6.45) is 0. The second-order valence-corrected chi connectivity index (χ2v) is 6.05. The van der Waals surface area contributed by atoms with Gasteiger partial charge in [-0.1, -0.05) is 6.92 Å². The summed E-state index contributed by atoms with van der Waals surface area (Å²) in [5, 5.41) is 9.28. The van der Waals surface area contributed by atoms with Crippen molar-refractivity contribution in [3.63, 3.8) is 0 Å². The number of carboxylic acid groups (broad SMARTS) is 1. The number of carboxylic acids is 1. The second kappa shape index (κ2) is 4.58. The molecule has 0 aliphatic heterocycles. The van der Waals surface area contributed by atoms with E-state index in [-0.39, 0.29) is 21.6 Å². The van der Waals surface area contributed by atoms with E-state index < -0.39 is 21.6 Å². The number of methoxy groups -OCH3 is 1. The molecule has 1 aromatic heterocycles. The van der Waals surface area contributed by atoms with E-state index >= 15 is 0 Å². The van der Waals surface area contributed by atoms with E-state index in [2.05, 4.69) is 0 Å². The molecule has 0 radical (unpaired) electrons. The smallest absolute Gasteiger partial charge is 0.373 e. The molecule has 7 heteroatoms. The van der Waals surface area contributed by atoms with Gasteiger partial charge in [-0.05, 0) is 18.2 Å². The first kappa shape index (κ1) is 13.4. The van der Waals surface area contributed by atoms with Gasteiger partial charge in [0.2, 0.25) is 5.76 Å². The summed E-state index contributed by atoms with van der Waals surface area (Å²) in [5.74, 6) is -1.76. The van der Waals surface area contributed by atoms with Crippen molar-refractivity contribution in [2.75, 3.05) is 12.9 Å². The average Bonchev–Trinajstić information content (AvgIpc) is 2.77. The number of aromatic carboxylic acids is 1. The molecule has 0 amide bonds. The normalized spacial score (nSPS) is 11.7. The maximum atomic E-state index is 12.0. The van der Waals surface area contributed by atoms with Crippen LogP contribution in [0.15, 0.2) is 27.5 Å². The maximum absolute atomic E-state index is 12.0. The van der Waals surface area contributed by atoms with Gasteiger partial charge in [0.15, 0.2) is 9.84 Å². The number of carbonyl (C=O) groups is 1. The molecule has 0 spiro atoms. The Morgan fingerprint density at radius 1 is 1.42 bits per heavy atom. The van der Waals surface area contributed by atoms with Crippen LogP contribution in [0.1, 0.15) is 17.5 Å². The quantitative estimate of drug-likeness (QED) is 0.922. The zero-order valence-electron chi connectivity index (χ0n) is 10.3. The Morgan fingerprint density at radius 3 is 2.63 bits per heavy atom. The number of ether oxygens (including phenoxy) is 1. The first-order valence-corrected chi connectivity index (χ1v) is 7.12. The van der Waals surface area contributed by atoms with Gasteiger partial charge in [0.1, 0.15) is 16.2 Å². The zero-order valence-corrected chi connectivity index (χ0v) is 11.2. The number of furan rings is 1. The number of hydrogen-bond acceptors (Lipinski definition) is 5. The first-order chi connectivity index (χ1) is 8.90. The summed E-state index contributed by atoms with van der Waals surface area (Å²) in [4.78, 5) is 10.8. The van der Waals surface area contributed by atoms with Gasteiger partial charge in [0.05, 0.1) is 12.9 Å². The fourth-order valence-corrected chi connectivity index (χ4v) is 2.97. The van der Waals surface area contributed by atoms with Crippen molar-refractivity contribution in [3.05, 3.63) is 24.0 Å². The molecule has 0 bridgehead atoms. The highest BCUT2D eigenvalue weighted by Gasteiger charge is 2.29. The zero-order chi connectivity index (χ0) is 14.2. The van der Waals surface area contributed by atoms with E-state index in [0.717, 1.165) is 0 Å². The molecule has 0 unspecified atom stereocenters. The minimum atomic E-state index is -3.71. The average molecular weight is 284 g/mol. The fraction of sp³-hybridized carbons (Fsp3) is 0.250. The van der Waals surface area contributed by atoms with Crippen molar-refractivity contribution in [2.24, 2.45) is 0 Å². The van der Waals surface area contributed by atoms with Gasteiger partial charge in [-0.2, -0.15) is 0 Å². The molecule has 6 nitrogen and oxygen atoms in total. The standard InChI is InChI=1S/C12H12O6S/c1-3-19(15,16)11-8-6-7(17-2)4-5-9(8)18-10(11)12(13)14/h4-6H,3H2,1-2H3,(H,13,14). The molecule has 0 aliphatic carbocycles. The molecule has 102 valence electrons. The van der Waals surface area contributed by atoms with Gasteiger partial charge >= 0.3 is 5.97 Å². The monoisotopic (exact) mass is 284 g/mol. The van der Waals surface area contributed by atoms with Crippen molar-refractivity contribution in [1.82, 2.24) is 0 Å². The van der Waals surface area contributed by atoms with Crippen molar-refractivity contribution in [3.8, 4) is 5.75 Å². The van der Waals surface area contributed by atoms with Crippen LogP contribution in [0.25, 0.3) is 11.0 Å². The van der Waals surface area contributed by atoms with Crippen LogP contribution in [0.3, 0.4) is 0 Å². The molecule has 2 rings (SSSR count). The summed E-state index contributed by atoms with van der Waals surface area (Å²) < 4.78 is 34.2. The first-order valence-electron chi connectivity index (χ1n) is 5.47. The van der Waals surface area contributed by atoms with Crippen LogP contribution < -0.4 is 4.74 Å². The summed E-state index contributed by atoms with van der Waals surface area (Å²) in [6, 6.07) is 4.50. The third-order valence-corrected chi connectivity index (χ3v) is 4.52. The van der Waals surface area contributed by atoms with E-state index in [9.17, 15) is 13.2 Å². The molecular weight excluding hydrogens is 272 g/mol. The van der Waals surface area contributed by atoms with Gasteiger partial charge in [-0.15, -0.1) is 0 Å². The lowest BCUT2D eigenvalue weighted by molar-refractivity contribution is 0.0659. The lowest BCUT2D eigenvalue weighted by atomic mass is 10.2. The van der Waals surface area contributed by atoms with E-state index in [1.807, 2.05) is 0 Å². The van der Waals surface area contributed by atoms with E-state index in [4.69, 9.17) is 14.3 Å². The summed E-state index contributed by atoms with van der Waals surface area (Å²) in [6.45, 7) is 1.44. The number of hydrogen-bond donors (Lipinski definition) is 1. The number of benzene rings is 1. The number of fused-ring (bicyclic) bond motifs is 1. The lowest BCUT2D eigenvalue weighted by Crippen LogP contribution is -2.08. The summed E-state index contributed by atoms with van der Waals surface area (Å²) in [7, 11) is -2.27. The van der Waals surface area contributed by atoms with E-state index in [1.165, 1.54) is 26.2 Å². The Bertz CT molecular complexity index is 741. The van der Waals surface area contributed by atoms with Gasteiger partial charge in [0.25, 0.3) is 0 Å². The SMILES string of the molecule is CCS(=O)(=O)c1c(C(=O)O)oc2ccc(OC)cc12. The second-order valence-electron chi connectivity index (χ2n) is 3.83. The van der Waals surface area contributed by atoms with Crippen molar-refractivity contribution >= 4 is 26.8 Å². The highest BCUT2D eigenvalue weighted by atomic mass is 32.2. The van der Waals surface area contributed by atoms with Gasteiger partial charge in [0, 0.05) is 5.39 Å². The molecule has 0 aliphatic rings. The van der Waals surface area contributed by atoms with Crippen molar-refractivity contribution < 1.29 is 27.5 Å². The summed E-state index contributed by atoms with van der Waals surface area (Å²) >= 11 is 0. The largest absolute Gasteiger partial charge is 0.497 e. The van der Waals surface area contributed by atoms with Gasteiger partial charge < -0.3 is 14.3 Å². The lowest BCUT2D eigenvalue weighted by Gasteiger charge is -2.01. The van der Waals surface area contributed by atoms with Crippen LogP contribution in [0.5, 0.6) is 5.75 Å². The number of sulfone groups is 1.